The Labute approximate surface area is 111 Å². The second-order valence-electron chi connectivity index (χ2n) is 4.40. The summed E-state index contributed by atoms with van der Waals surface area (Å²) < 4.78 is 27.3. The number of benzene rings is 1. The molecular formula is C13H18F2N2S. The van der Waals surface area contributed by atoms with Gasteiger partial charge in [-0.15, -0.1) is 11.8 Å². The Morgan fingerprint density at radius 1 is 1.28 bits per heavy atom. The first-order valence-electron chi connectivity index (χ1n) is 6.16. The summed E-state index contributed by atoms with van der Waals surface area (Å²) in [4.78, 5) is 2.44. The SMILES string of the molecule is CSc1c(F)ccc(CCN2CCNCC2)c1F. The summed E-state index contributed by atoms with van der Waals surface area (Å²) >= 11 is 1.12. The van der Waals surface area contributed by atoms with Gasteiger partial charge in [-0.25, -0.2) is 8.78 Å². The van der Waals surface area contributed by atoms with E-state index in [0.717, 1.165) is 44.5 Å². The summed E-state index contributed by atoms with van der Waals surface area (Å²) in [5, 5.41) is 3.28. The molecule has 100 valence electrons. The largest absolute Gasteiger partial charge is 0.314 e. The highest BCUT2D eigenvalue weighted by Crippen LogP contribution is 2.25. The zero-order valence-electron chi connectivity index (χ0n) is 10.5. The fourth-order valence-corrected chi connectivity index (χ4v) is 2.74. The smallest absolute Gasteiger partial charge is 0.142 e. The van der Waals surface area contributed by atoms with E-state index in [4.69, 9.17) is 0 Å². The lowest BCUT2D eigenvalue weighted by Crippen LogP contribution is -2.44. The molecule has 2 nitrogen and oxygen atoms in total. The summed E-state index contributed by atoms with van der Waals surface area (Å²) in [6, 6.07) is 2.93. The number of hydrogen-bond donors (Lipinski definition) is 1. The lowest BCUT2D eigenvalue weighted by Gasteiger charge is -2.27. The van der Waals surface area contributed by atoms with Gasteiger partial charge in [0, 0.05) is 32.7 Å². The van der Waals surface area contributed by atoms with Crippen LogP contribution in [-0.2, 0) is 6.42 Å². The molecule has 1 aliphatic heterocycles. The van der Waals surface area contributed by atoms with Crippen molar-refractivity contribution in [1.29, 1.82) is 0 Å². The Morgan fingerprint density at radius 2 is 2.00 bits per heavy atom. The summed E-state index contributed by atoms with van der Waals surface area (Å²) in [5.74, 6) is -0.858. The molecule has 1 saturated heterocycles. The van der Waals surface area contributed by atoms with Gasteiger partial charge in [0.2, 0.25) is 0 Å². The topological polar surface area (TPSA) is 15.3 Å². The van der Waals surface area contributed by atoms with Crippen molar-refractivity contribution in [3.05, 3.63) is 29.3 Å². The normalized spacial score (nSPS) is 17.1. The van der Waals surface area contributed by atoms with Gasteiger partial charge in [0.1, 0.15) is 11.6 Å². The molecule has 1 heterocycles. The molecule has 0 bridgehead atoms. The minimum atomic E-state index is -0.467. The molecule has 0 aromatic heterocycles. The molecule has 18 heavy (non-hydrogen) atoms. The van der Waals surface area contributed by atoms with E-state index in [1.807, 2.05) is 0 Å². The summed E-state index contributed by atoms with van der Waals surface area (Å²) in [6.45, 7) is 4.80. The highest BCUT2D eigenvalue weighted by Gasteiger charge is 2.14. The van der Waals surface area contributed by atoms with Crippen LogP contribution < -0.4 is 5.32 Å². The minimum absolute atomic E-state index is 0.132. The van der Waals surface area contributed by atoms with Gasteiger partial charge in [0.25, 0.3) is 0 Å². The van der Waals surface area contributed by atoms with Crippen molar-refractivity contribution < 1.29 is 8.78 Å². The molecule has 5 heteroatoms. The molecule has 0 unspecified atom stereocenters. The third-order valence-electron chi connectivity index (χ3n) is 3.24. The van der Waals surface area contributed by atoms with Gasteiger partial charge in [-0.05, 0) is 24.3 Å². The molecule has 1 aromatic carbocycles. The van der Waals surface area contributed by atoms with E-state index in [2.05, 4.69) is 10.2 Å². The molecule has 1 fully saturated rings. The van der Waals surface area contributed by atoms with Crippen molar-refractivity contribution in [2.24, 2.45) is 0 Å². The molecule has 0 amide bonds. The monoisotopic (exact) mass is 272 g/mol. The van der Waals surface area contributed by atoms with E-state index < -0.39 is 11.6 Å². The number of nitrogens with zero attached hydrogens (tertiary/aromatic N) is 1. The number of rotatable bonds is 4. The van der Waals surface area contributed by atoms with E-state index >= 15 is 0 Å². The van der Waals surface area contributed by atoms with Crippen LogP contribution in [0.3, 0.4) is 0 Å². The Bertz CT molecular complexity index is 406. The van der Waals surface area contributed by atoms with Crippen molar-refractivity contribution in [3.63, 3.8) is 0 Å². The van der Waals surface area contributed by atoms with E-state index in [0.29, 0.717) is 12.0 Å². The van der Waals surface area contributed by atoms with Gasteiger partial charge in [-0.3, -0.25) is 0 Å². The first-order valence-corrected chi connectivity index (χ1v) is 7.39. The van der Waals surface area contributed by atoms with Crippen LogP contribution in [0.15, 0.2) is 17.0 Å². The fourth-order valence-electron chi connectivity index (χ4n) is 2.17. The zero-order chi connectivity index (χ0) is 13.0. The maximum absolute atomic E-state index is 14.0. The van der Waals surface area contributed by atoms with E-state index in [1.165, 1.54) is 6.07 Å². The van der Waals surface area contributed by atoms with Crippen molar-refractivity contribution >= 4 is 11.8 Å². The zero-order valence-corrected chi connectivity index (χ0v) is 11.3. The van der Waals surface area contributed by atoms with Crippen LogP contribution in [0.2, 0.25) is 0 Å². The first-order chi connectivity index (χ1) is 8.72. The molecule has 1 aliphatic rings. The highest BCUT2D eigenvalue weighted by atomic mass is 32.2. The molecule has 2 rings (SSSR count). The van der Waals surface area contributed by atoms with Gasteiger partial charge >= 0.3 is 0 Å². The molecular weight excluding hydrogens is 254 g/mol. The molecule has 1 N–H and O–H groups in total. The molecule has 0 spiro atoms. The van der Waals surface area contributed by atoms with Crippen LogP contribution in [0.1, 0.15) is 5.56 Å². The quantitative estimate of drug-likeness (QED) is 0.845. The second kappa shape index (κ2) is 6.50. The predicted octanol–water partition coefficient (Wildman–Crippen LogP) is 2.13. The highest BCUT2D eigenvalue weighted by molar-refractivity contribution is 7.98. The average molecular weight is 272 g/mol. The van der Waals surface area contributed by atoms with Crippen molar-refractivity contribution in [1.82, 2.24) is 10.2 Å². The molecule has 0 aliphatic carbocycles. The molecule has 1 aromatic rings. The molecule has 0 radical (unpaired) electrons. The molecule has 0 saturated carbocycles. The van der Waals surface area contributed by atoms with Crippen LogP contribution in [0.5, 0.6) is 0 Å². The number of halogens is 2. The van der Waals surface area contributed by atoms with E-state index in [-0.39, 0.29) is 4.90 Å². The lowest BCUT2D eigenvalue weighted by atomic mass is 10.1. The number of piperazine rings is 1. The van der Waals surface area contributed by atoms with Gasteiger partial charge in [-0.1, -0.05) is 6.07 Å². The minimum Gasteiger partial charge on any atom is -0.314 e. The van der Waals surface area contributed by atoms with Crippen LogP contribution >= 0.6 is 11.8 Å². The number of thioether (sulfide) groups is 1. The number of nitrogens with one attached hydrogen (secondary N) is 1. The first kappa shape index (κ1) is 13.8. The van der Waals surface area contributed by atoms with Crippen LogP contribution in [0.4, 0.5) is 8.78 Å². The third-order valence-corrected chi connectivity index (χ3v) is 4.02. The van der Waals surface area contributed by atoms with Crippen LogP contribution in [0.25, 0.3) is 0 Å². The Morgan fingerprint density at radius 3 is 2.67 bits per heavy atom. The van der Waals surface area contributed by atoms with Crippen LogP contribution in [0, 0.1) is 11.6 Å². The molecule has 0 atom stereocenters. The Balaban J connectivity index is 2.00. The van der Waals surface area contributed by atoms with Crippen molar-refractivity contribution in [3.8, 4) is 0 Å². The lowest BCUT2D eigenvalue weighted by molar-refractivity contribution is 0.243. The van der Waals surface area contributed by atoms with E-state index in [1.54, 1.807) is 12.3 Å². The number of hydrogen-bond acceptors (Lipinski definition) is 3. The van der Waals surface area contributed by atoms with Gasteiger partial charge in [0.15, 0.2) is 0 Å². The van der Waals surface area contributed by atoms with E-state index in [9.17, 15) is 8.78 Å². The second-order valence-corrected chi connectivity index (χ2v) is 5.21. The van der Waals surface area contributed by atoms with Gasteiger partial charge in [0.05, 0.1) is 4.90 Å². The Kier molecular flexibility index (Phi) is 4.97. The third kappa shape index (κ3) is 3.22. The summed E-state index contributed by atoms with van der Waals surface area (Å²) in [6.07, 6.45) is 2.33. The van der Waals surface area contributed by atoms with Crippen molar-refractivity contribution in [2.75, 3.05) is 39.0 Å². The van der Waals surface area contributed by atoms with Crippen LogP contribution in [-0.4, -0.2) is 43.9 Å². The summed E-state index contributed by atoms with van der Waals surface area (Å²) in [7, 11) is 0. The fraction of sp³-hybridized carbons (Fsp3) is 0.538. The maximum Gasteiger partial charge on any atom is 0.142 e. The van der Waals surface area contributed by atoms with Crippen molar-refractivity contribution in [2.45, 2.75) is 11.3 Å². The predicted molar refractivity (Wildman–Crippen MR) is 71.2 cm³/mol. The summed E-state index contributed by atoms with van der Waals surface area (Å²) in [5.41, 5.74) is 0.610. The average Bonchev–Trinajstić information content (AvgIpc) is 2.40. The maximum atomic E-state index is 14.0. The van der Waals surface area contributed by atoms with Gasteiger partial charge < -0.3 is 10.2 Å². The Hall–Kier alpha value is -0.650. The van der Waals surface area contributed by atoms with Gasteiger partial charge in [-0.2, -0.15) is 0 Å². The standard InChI is InChI=1S/C13H18F2N2S/c1-18-13-11(14)3-2-10(12(13)15)4-7-17-8-5-16-6-9-17/h2-3,16H,4-9H2,1H3.